The van der Waals surface area contributed by atoms with Crippen LogP contribution in [0.25, 0.3) is 10.9 Å². The minimum absolute atomic E-state index is 0.0496. The molecule has 6 rings (SSSR count). The van der Waals surface area contributed by atoms with Crippen molar-refractivity contribution in [2.45, 2.75) is 24.9 Å². The Morgan fingerprint density at radius 3 is 2.45 bits per heavy atom. The number of nitrogens with zero attached hydrogens (tertiary/aromatic N) is 3. The van der Waals surface area contributed by atoms with Crippen molar-refractivity contribution in [1.29, 1.82) is 0 Å². The van der Waals surface area contributed by atoms with Crippen LogP contribution in [-0.4, -0.2) is 34.3 Å². The highest BCUT2D eigenvalue weighted by atomic mass is 16.2. The lowest BCUT2D eigenvalue weighted by Crippen LogP contribution is -2.39. The van der Waals surface area contributed by atoms with Gasteiger partial charge >= 0.3 is 0 Å². The van der Waals surface area contributed by atoms with Crippen molar-refractivity contribution in [2.24, 2.45) is 11.8 Å². The molecule has 0 aliphatic carbocycles. The van der Waals surface area contributed by atoms with Crippen LogP contribution < -0.4 is 4.90 Å². The molecule has 5 heteroatoms. The van der Waals surface area contributed by atoms with Gasteiger partial charge in [-0.15, -0.1) is 0 Å². The van der Waals surface area contributed by atoms with Gasteiger partial charge in [-0.3, -0.25) is 19.5 Å². The van der Waals surface area contributed by atoms with Crippen molar-refractivity contribution in [3.63, 3.8) is 0 Å². The highest BCUT2D eigenvalue weighted by molar-refractivity contribution is 6.22. The number of benzene rings is 2. The van der Waals surface area contributed by atoms with Crippen LogP contribution in [0.1, 0.15) is 24.6 Å². The number of amides is 2. The third-order valence-corrected chi connectivity index (χ3v) is 6.79. The molecule has 0 unspecified atom stereocenters. The zero-order chi connectivity index (χ0) is 19.5. The van der Waals surface area contributed by atoms with Gasteiger partial charge in [-0.2, -0.15) is 0 Å². The zero-order valence-electron chi connectivity index (χ0n) is 15.9. The Balaban J connectivity index is 1.46. The van der Waals surface area contributed by atoms with Crippen molar-refractivity contribution < 1.29 is 9.59 Å². The number of imide groups is 1. The first-order valence-electron chi connectivity index (χ1n) is 10.3. The average molecular weight is 383 g/mol. The number of para-hydroxylation sites is 2. The predicted molar refractivity (Wildman–Crippen MR) is 110 cm³/mol. The second-order valence-electron chi connectivity index (χ2n) is 8.22. The molecule has 3 saturated heterocycles. The normalized spacial score (nSPS) is 28.9. The summed E-state index contributed by atoms with van der Waals surface area (Å²) >= 11 is 0. The smallest absolute Gasteiger partial charge is 0.239 e. The number of aromatic nitrogens is 1. The average Bonchev–Trinajstić information content (AvgIpc) is 3.40. The molecule has 5 nitrogen and oxygen atoms in total. The minimum Gasteiger partial charge on any atom is -0.290 e. The molecule has 0 bridgehead atoms. The Kier molecular flexibility index (Phi) is 3.62. The number of rotatable bonds is 2. The lowest BCUT2D eigenvalue weighted by atomic mass is 9.86. The molecule has 0 radical (unpaired) electrons. The molecule has 3 aromatic rings. The topological polar surface area (TPSA) is 53.5 Å². The molecule has 4 heterocycles. The summed E-state index contributed by atoms with van der Waals surface area (Å²) in [5.41, 5.74) is 2.51. The van der Waals surface area contributed by atoms with E-state index in [0.29, 0.717) is 5.69 Å². The van der Waals surface area contributed by atoms with Gasteiger partial charge in [-0.05, 0) is 43.7 Å². The monoisotopic (exact) mass is 383 g/mol. The molecular weight excluding hydrogens is 362 g/mol. The van der Waals surface area contributed by atoms with Crippen molar-refractivity contribution in [2.75, 3.05) is 11.4 Å². The first kappa shape index (κ1) is 16.9. The molecule has 144 valence electrons. The number of carbonyl (C=O) groups is 2. The first-order valence-corrected chi connectivity index (χ1v) is 10.3. The molecular formula is C24H21N3O2. The van der Waals surface area contributed by atoms with E-state index in [1.54, 1.807) is 0 Å². The molecule has 2 aromatic carbocycles. The van der Waals surface area contributed by atoms with Gasteiger partial charge in [0.05, 0.1) is 34.8 Å². The fourth-order valence-electron chi connectivity index (χ4n) is 5.63. The highest BCUT2D eigenvalue weighted by Crippen LogP contribution is 2.53. The standard InChI is InChI=1S/C24H21N3O2/c28-23-20-19-11-6-14-26(19)22(18-13-12-15-7-4-5-10-17(15)25-18)21(20)24(29)27(23)16-8-2-1-3-9-16/h1-5,7-10,12-13,19-22H,6,11,14H2/t19-,20+,21+,22-/m1/s1. The largest absolute Gasteiger partial charge is 0.290 e. The summed E-state index contributed by atoms with van der Waals surface area (Å²) in [6, 6.07) is 21.5. The summed E-state index contributed by atoms with van der Waals surface area (Å²) in [6.07, 6.45) is 2.03. The zero-order valence-corrected chi connectivity index (χ0v) is 15.9. The van der Waals surface area contributed by atoms with Gasteiger partial charge in [-0.1, -0.05) is 42.5 Å². The lowest BCUT2D eigenvalue weighted by Gasteiger charge is -2.28. The summed E-state index contributed by atoms with van der Waals surface area (Å²) in [6.45, 7) is 0.919. The molecule has 4 atom stereocenters. The van der Waals surface area contributed by atoms with Crippen LogP contribution in [0.5, 0.6) is 0 Å². The van der Waals surface area contributed by atoms with Crippen LogP contribution in [-0.2, 0) is 9.59 Å². The summed E-state index contributed by atoms with van der Waals surface area (Å²) in [5.74, 6) is -0.767. The van der Waals surface area contributed by atoms with Gasteiger partial charge in [0.2, 0.25) is 11.8 Å². The summed E-state index contributed by atoms with van der Waals surface area (Å²) in [7, 11) is 0. The van der Waals surface area contributed by atoms with E-state index in [1.165, 1.54) is 4.90 Å². The predicted octanol–water partition coefficient (Wildman–Crippen LogP) is 3.56. The van der Waals surface area contributed by atoms with Crippen LogP contribution in [0.3, 0.4) is 0 Å². The molecule has 3 aliphatic rings. The van der Waals surface area contributed by atoms with Gasteiger partial charge in [-0.25, -0.2) is 4.90 Å². The van der Waals surface area contributed by atoms with Gasteiger partial charge in [0, 0.05) is 11.4 Å². The van der Waals surface area contributed by atoms with E-state index >= 15 is 0 Å². The van der Waals surface area contributed by atoms with E-state index in [9.17, 15) is 9.59 Å². The van der Waals surface area contributed by atoms with Crippen LogP contribution in [0.15, 0.2) is 66.7 Å². The first-order chi connectivity index (χ1) is 14.2. The van der Waals surface area contributed by atoms with Crippen LogP contribution in [0.2, 0.25) is 0 Å². The minimum atomic E-state index is -0.360. The van der Waals surface area contributed by atoms with Crippen molar-refractivity contribution in [3.8, 4) is 0 Å². The molecule has 3 aliphatic heterocycles. The molecule has 0 saturated carbocycles. The van der Waals surface area contributed by atoms with Crippen molar-refractivity contribution in [1.82, 2.24) is 9.88 Å². The maximum Gasteiger partial charge on any atom is 0.239 e. The Morgan fingerprint density at radius 2 is 1.59 bits per heavy atom. The second-order valence-corrected chi connectivity index (χ2v) is 8.22. The van der Waals surface area contributed by atoms with E-state index in [0.717, 1.165) is 36.0 Å². The fourth-order valence-corrected chi connectivity index (χ4v) is 5.63. The number of hydrogen-bond donors (Lipinski definition) is 0. The van der Waals surface area contributed by atoms with E-state index in [2.05, 4.69) is 11.0 Å². The fraction of sp³-hybridized carbons (Fsp3) is 0.292. The molecule has 3 fully saturated rings. The number of pyridine rings is 1. The summed E-state index contributed by atoms with van der Waals surface area (Å²) in [4.78, 5) is 35.6. The second kappa shape index (κ2) is 6.22. The van der Waals surface area contributed by atoms with Gasteiger partial charge in [0.25, 0.3) is 0 Å². The summed E-state index contributed by atoms with van der Waals surface area (Å²) in [5, 5.41) is 1.09. The number of anilines is 1. The van der Waals surface area contributed by atoms with Crippen LogP contribution in [0.4, 0.5) is 5.69 Å². The molecule has 29 heavy (non-hydrogen) atoms. The van der Waals surface area contributed by atoms with Gasteiger partial charge in [0.1, 0.15) is 0 Å². The van der Waals surface area contributed by atoms with Crippen molar-refractivity contribution >= 4 is 28.4 Å². The van der Waals surface area contributed by atoms with Gasteiger partial charge in [0.15, 0.2) is 0 Å². The van der Waals surface area contributed by atoms with Crippen LogP contribution in [0, 0.1) is 11.8 Å². The maximum absolute atomic E-state index is 13.5. The summed E-state index contributed by atoms with van der Waals surface area (Å²) < 4.78 is 0. The third-order valence-electron chi connectivity index (χ3n) is 6.79. The number of fused-ring (bicyclic) bond motifs is 4. The quantitative estimate of drug-likeness (QED) is 0.635. The van der Waals surface area contributed by atoms with Crippen molar-refractivity contribution in [3.05, 3.63) is 72.4 Å². The van der Waals surface area contributed by atoms with E-state index in [4.69, 9.17) is 4.98 Å². The highest BCUT2D eigenvalue weighted by Gasteiger charge is 2.63. The third kappa shape index (κ3) is 2.34. The van der Waals surface area contributed by atoms with Gasteiger partial charge < -0.3 is 0 Å². The number of hydrogen-bond acceptors (Lipinski definition) is 4. The Hall–Kier alpha value is -3.05. The van der Waals surface area contributed by atoms with E-state index in [-0.39, 0.29) is 35.7 Å². The lowest BCUT2D eigenvalue weighted by molar-refractivity contribution is -0.123. The van der Waals surface area contributed by atoms with Crippen LogP contribution >= 0.6 is 0 Å². The molecule has 2 amide bonds. The molecule has 0 spiro atoms. The SMILES string of the molecule is O=C1[C@@H]2[C@H](C(=O)N1c1ccccc1)[C@@H](c1ccc3ccccc3n1)N1CCC[C@H]21. The molecule has 1 aromatic heterocycles. The molecule has 0 N–H and O–H groups in total. The number of carbonyl (C=O) groups excluding carboxylic acids is 2. The van der Waals surface area contributed by atoms with E-state index < -0.39 is 0 Å². The Labute approximate surface area is 168 Å². The Morgan fingerprint density at radius 1 is 0.828 bits per heavy atom. The Bertz CT molecular complexity index is 1130. The maximum atomic E-state index is 13.5. The van der Waals surface area contributed by atoms with E-state index in [1.807, 2.05) is 60.7 Å².